The Kier molecular flexibility index (Phi) is 6.86. The van der Waals surface area contributed by atoms with Crippen LogP contribution in [-0.2, 0) is 16.0 Å². The minimum Gasteiger partial charge on any atom is -0.378 e. The van der Waals surface area contributed by atoms with Crippen molar-refractivity contribution in [3.05, 3.63) is 64.2 Å². The molecule has 0 saturated carbocycles. The number of hydrogen-bond donors (Lipinski definition) is 3. The van der Waals surface area contributed by atoms with E-state index in [0.717, 1.165) is 12.0 Å². The van der Waals surface area contributed by atoms with Gasteiger partial charge < -0.3 is 16.4 Å². The zero-order valence-electron chi connectivity index (χ0n) is 19.2. The molecule has 0 spiro atoms. The summed E-state index contributed by atoms with van der Waals surface area (Å²) in [5.74, 6) is 0.363. The molecule has 2 amide bonds. The summed E-state index contributed by atoms with van der Waals surface area (Å²) in [5, 5.41) is 17.1. The highest BCUT2D eigenvalue weighted by atomic mass is 16.6. The summed E-state index contributed by atoms with van der Waals surface area (Å²) in [6, 6.07) is 14.1. The molecule has 3 aromatic rings. The van der Waals surface area contributed by atoms with Crippen molar-refractivity contribution in [2.45, 2.75) is 26.2 Å². The number of carbonyl (C=O) groups is 2. The highest BCUT2D eigenvalue weighted by molar-refractivity contribution is 6.21. The van der Waals surface area contributed by atoms with E-state index in [4.69, 9.17) is 10.7 Å². The van der Waals surface area contributed by atoms with E-state index in [0.29, 0.717) is 36.1 Å². The number of carbonyl (C=O) groups excluding carboxylic acids is 2. The zero-order valence-corrected chi connectivity index (χ0v) is 19.2. The molecule has 0 radical (unpaired) electrons. The fraction of sp³-hybridized carbons (Fsp3) is 0.250. The molecule has 11 nitrogen and oxygen atoms in total. The number of nitro groups is 1. The van der Waals surface area contributed by atoms with Gasteiger partial charge in [0.05, 0.1) is 16.3 Å². The number of rotatable bonds is 9. The normalized spacial score (nSPS) is 13.2. The first-order valence-corrected chi connectivity index (χ1v) is 11.2. The largest absolute Gasteiger partial charge is 0.378 e. The van der Waals surface area contributed by atoms with Gasteiger partial charge >= 0.3 is 5.69 Å². The molecular weight excluding hydrogens is 450 g/mol. The summed E-state index contributed by atoms with van der Waals surface area (Å²) < 4.78 is 0. The number of amides is 2. The maximum absolute atomic E-state index is 12.4. The number of pyridine rings is 2. The zero-order chi connectivity index (χ0) is 24.9. The fourth-order valence-corrected chi connectivity index (χ4v) is 3.79. The Labute approximate surface area is 201 Å². The minimum atomic E-state index is -0.584. The maximum atomic E-state index is 12.4. The first-order chi connectivity index (χ1) is 16.9. The number of benzene rings is 1. The first-order valence-electron chi connectivity index (χ1n) is 11.2. The molecule has 4 N–H and O–H groups in total. The van der Waals surface area contributed by atoms with E-state index in [2.05, 4.69) is 22.5 Å². The quantitative estimate of drug-likeness (QED) is 0.183. The molecule has 1 aliphatic rings. The van der Waals surface area contributed by atoms with Crippen molar-refractivity contribution in [3.8, 4) is 11.3 Å². The standard InChI is InChI=1S/C24H25N7O4/c1-2-15-3-5-16(6-4-15)23-17(30-21(32)11-12-22(30)33)7-9-19(28-23)26-13-14-27-20-10-8-18(31(34)35)24(25)29-20/h3-10H,2,11-14H2,1H3,(H,26,28)(H3,25,27,29). The van der Waals surface area contributed by atoms with Crippen LogP contribution >= 0.6 is 0 Å². The predicted octanol–water partition coefficient (Wildman–Crippen LogP) is 3.37. The monoisotopic (exact) mass is 475 g/mol. The van der Waals surface area contributed by atoms with E-state index < -0.39 is 4.92 Å². The van der Waals surface area contributed by atoms with Crippen LogP contribution in [0.25, 0.3) is 11.3 Å². The van der Waals surface area contributed by atoms with Gasteiger partial charge in [0, 0.05) is 37.6 Å². The Hall–Kier alpha value is -4.54. The number of imide groups is 1. The number of nitrogens with two attached hydrogens (primary N) is 1. The Balaban J connectivity index is 1.50. The Morgan fingerprint density at radius 1 is 0.943 bits per heavy atom. The molecule has 1 saturated heterocycles. The molecule has 1 aliphatic heterocycles. The van der Waals surface area contributed by atoms with Gasteiger partial charge in [-0.3, -0.25) is 19.7 Å². The molecule has 4 rings (SSSR count). The smallest absolute Gasteiger partial charge is 0.311 e. The van der Waals surface area contributed by atoms with E-state index in [9.17, 15) is 19.7 Å². The summed E-state index contributed by atoms with van der Waals surface area (Å²) in [5.41, 5.74) is 8.36. The minimum absolute atomic E-state index is 0.157. The van der Waals surface area contributed by atoms with Crippen molar-refractivity contribution in [1.29, 1.82) is 0 Å². The SMILES string of the molecule is CCc1ccc(-c2nc(NCCNc3ccc([N+](=O)[O-])c(N)n3)ccc2N2C(=O)CCC2=O)cc1. The maximum Gasteiger partial charge on any atom is 0.311 e. The lowest BCUT2D eigenvalue weighted by Crippen LogP contribution is -2.29. The van der Waals surface area contributed by atoms with Gasteiger partial charge in [-0.2, -0.15) is 0 Å². The molecule has 0 aliphatic carbocycles. The number of hydrogen-bond acceptors (Lipinski definition) is 9. The molecule has 0 unspecified atom stereocenters. The van der Waals surface area contributed by atoms with Crippen molar-refractivity contribution in [2.75, 3.05) is 34.4 Å². The van der Waals surface area contributed by atoms with Gasteiger partial charge in [-0.25, -0.2) is 14.9 Å². The summed E-state index contributed by atoms with van der Waals surface area (Å²) in [4.78, 5) is 45.0. The number of aryl methyl sites for hydroxylation is 1. The summed E-state index contributed by atoms with van der Waals surface area (Å²) in [7, 11) is 0. The number of anilines is 4. The third kappa shape index (κ3) is 5.18. The van der Waals surface area contributed by atoms with Crippen molar-refractivity contribution < 1.29 is 14.5 Å². The van der Waals surface area contributed by atoms with E-state index in [1.165, 1.54) is 22.6 Å². The molecule has 0 atom stereocenters. The van der Waals surface area contributed by atoms with Crippen LogP contribution in [0.5, 0.6) is 0 Å². The summed E-state index contributed by atoms with van der Waals surface area (Å²) >= 11 is 0. The number of nitrogens with one attached hydrogen (secondary N) is 2. The molecule has 11 heteroatoms. The van der Waals surface area contributed by atoms with Gasteiger partial charge in [0.1, 0.15) is 11.6 Å². The van der Waals surface area contributed by atoms with Crippen LogP contribution in [-0.4, -0.2) is 39.8 Å². The predicted molar refractivity (Wildman–Crippen MR) is 133 cm³/mol. The number of nitrogens with zero attached hydrogens (tertiary/aromatic N) is 4. The average molecular weight is 476 g/mol. The third-order valence-electron chi connectivity index (χ3n) is 5.64. The Bertz CT molecular complexity index is 1260. The van der Waals surface area contributed by atoms with Crippen LogP contribution in [0.3, 0.4) is 0 Å². The van der Waals surface area contributed by atoms with E-state index in [1.54, 1.807) is 12.1 Å². The van der Waals surface area contributed by atoms with Gasteiger partial charge in [0.25, 0.3) is 0 Å². The topological polar surface area (TPSA) is 156 Å². The number of nitrogen functional groups attached to an aromatic ring is 1. The van der Waals surface area contributed by atoms with Crippen LogP contribution < -0.4 is 21.3 Å². The lowest BCUT2D eigenvalue weighted by molar-refractivity contribution is -0.384. The molecule has 3 heterocycles. The van der Waals surface area contributed by atoms with Crippen LogP contribution in [0.2, 0.25) is 0 Å². The third-order valence-corrected chi connectivity index (χ3v) is 5.64. The van der Waals surface area contributed by atoms with Gasteiger partial charge in [-0.15, -0.1) is 0 Å². The van der Waals surface area contributed by atoms with Gasteiger partial charge in [-0.1, -0.05) is 31.2 Å². The highest BCUT2D eigenvalue weighted by Gasteiger charge is 2.32. The van der Waals surface area contributed by atoms with Crippen molar-refractivity contribution in [1.82, 2.24) is 9.97 Å². The molecule has 180 valence electrons. The van der Waals surface area contributed by atoms with E-state index >= 15 is 0 Å². The average Bonchev–Trinajstić information content (AvgIpc) is 3.19. The van der Waals surface area contributed by atoms with Gasteiger partial charge in [0.2, 0.25) is 17.6 Å². The van der Waals surface area contributed by atoms with Crippen LogP contribution in [0.15, 0.2) is 48.5 Å². The van der Waals surface area contributed by atoms with Crippen molar-refractivity contribution >= 4 is 40.6 Å². The van der Waals surface area contributed by atoms with E-state index in [-0.39, 0.29) is 36.2 Å². The molecule has 35 heavy (non-hydrogen) atoms. The number of aromatic nitrogens is 2. The van der Waals surface area contributed by atoms with Crippen LogP contribution in [0, 0.1) is 10.1 Å². The lowest BCUT2D eigenvalue weighted by Gasteiger charge is -2.19. The highest BCUT2D eigenvalue weighted by Crippen LogP contribution is 2.34. The first kappa shape index (κ1) is 23.6. The van der Waals surface area contributed by atoms with Crippen molar-refractivity contribution in [3.63, 3.8) is 0 Å². The van der Waals surface area contributed by atoms with E-state index in [1.807, 2.05) is 24.3 Å². The molecular formula is C24H25N7O4. The van der Waals surface area contributed by atoms with Gasteiger partial charge in [0.15, 0.2) is 0 Å². The fourth-order valence-electron chi connectivity index (χ4n) is 3.79. The Morgan fingerprint density at radius 3 is 2.11 bits per heavy atom. The second kappa shape index (κ2) is 10.2. The van der Waals surface area contributed by atoms with Crippen LogP contribution in [0.1, 0.15) is 25.3 Å². The molecule has 1 fully saturated rings. The lowest BCUT2D eigenvalue weighted by atomic mass is 10.1. The second-order valence-electron chi connectivity index (χ2n) is 7.95. The van der Waals surface area contributed by atoms with Gasteiger partial charge in [-0.05, 0) is 30.2 Å². The van der Waals surface area contributed by atoms with Crippen molar-refractivity contribution in [2.24, 2.45) is 0 Å². The second-order valence-corrected chi connectivity index (χ2v) is 7.95. The van der Waals surface area contributed by atoms with Crippen LogP contribution in [0.4, 0.5) is 28.8 Å². The summed E-state index contributed by atoms with van der Waals surface area (Å²) in [6.07, 6.45) is 1.29. The molecule has 2 aromatic heterocycles. The Morgan fingerprint density at radius 2 is 1.54 bits per heavy atom. The summed E-state index contributed by atoms with van der Waals surface area (Å²) in [6.45, 7) is 2.97. The molecule has 0 bridgehead atoms. The molecule has 1 aromatic carbocycles.